The molecule has 0 bridgehead atoms. The monoisotopic (exact) mass is 486 g/mol. The number of amides is 4. The van der Waals surface area contributed by atoms with Crippen molar-refractivity contribution < 1.29 is 27.5 Å². The van der Waals surface area contributed by atoms with E-state index in [0.717, 1.165) is 0 Å². The molecule has 34 heavy (non-hydrogen) atoms. The number of imide groups is 1. The Hall–Kier alpha value is -3.28. The molecule has 0 radical (unpaired) electrons. The fourth-order valence-electron chi connectivity index (χ4n) is 4.01. The Bertz CT molecular complexity index is 1190. The first-order chi connectivity index (χ1) is 16.3. The lowest BCUT2D eigenvalue weighted by atomic mass is 10.1. The molecule has 0 unspecified atom stereocenters. The summed E-state index contributed by atoms with van der Waals surface area (Å²) in [4.78, 5) is 40.9. The minimum atomic E-state index is -3.61. The first-order valence-electron chi connectivity index (χ1n) is 10.9. The predicted molar refractivity (Wildman–Crippen MR) is 124 cm³/mol. The summed E-state index contributed by atoms with van der Waals surface area (Å²) in [5, 5.41) is 2.75. The van der Waals surface area contributed by atoms with Gasteiger partial charge in [0.2, 0.25) is 10.0 Å². The van der Waals surface area contributed by atoms with E-state index in [-0.39, 0.29) is 49.1 Å². The normalized spacial score (nSPS) is 16.6. The smallest absolute Gasteiger partial charge is 0.321 e. The number of carbonyl (C=O) groups is 3. The SMILES string of the molecule is COCCCN1C(=O)c2ccc(NC(=O)N3CCN(S(=O)(=O)c4ccccc4)CC3)cc2C1=O. The lowest BCUT2D eigenvalue weighted by Crippen LogP contribution is -2.51. The average molecular weight is 487 g/mol. The van der Waals surface area contributed by atoms with Gasteiger partial charge in [-0.3, -0.25) is 14.5 Å². The number of rotatable bonds is 7. The van der Waals surface area contributed by atoms with Gasteiger partial charge < -0.3 is 15.0 Å². The minimum absolute atomic E-state index is 0.179. The molecule has 4 rings (SSSR count). The number of ether oxygens (including phenoxy) is 1. The summed E-state index contributed by atoms with van der Waals surface area (Å²) in [6.07, 6.45) is 0.539. The van der Waals surface area contributed by atoms with E-state index in [9.17, 15) is 22.8 Å². The van der Waals surface area contributed by atoms with Gasteiger partial charge in [0.15, 0.2) is 0 Å². The Balaban J connectivity index is 1.37. The molecule has 2 aliphatic heterocycles. The van der Waals surface area contributed by atoms with E-state index in [0.29, 0.717) is 24.3 Å². The van der Waals surface area contributed by atoms with Gasteiger partial charge in [0.05, 0.1) is 16.0 Å². The maximum Gasteiger partial charge on any atom is 0.321 e. The minimum Gasteiger partial charge on any atom is -0.385 e. The van der Waals surface area contributed by atoms with Gasteiger partial charge in [-0.2, -0.15) is 4.31 Å². The van der Waals surface area contributed by atoms with Crippen LogP contribution in [0.15, 0.2) is 53.4 Å². The highest BCUT2D eigenvalue weighted by atomic mass is 32.2. The summed E-state index contributed by atoms with van der Waals surface area (Å²) in [7, 11) is -2.05. The van der Waals surface area contributed by atoms with E-state index in [4.69, 9.17) is 4.74 Å². The number of anilines is 1. The van der Waals surface area contributed by atoms with Gasteiger partial charge >= 0.3 is 6.03 Å². The van der Waals surface area contributed by atoms with Crippen LogP contribution in [-0.2, 0) is 14.8 Å². The third-order valence-electron chi connectivity index (χ3n) is 5.86. The molecule has 0 aliphatic carbocycles. The molecule has 0 saturated carbocycles. The van der Waals surface area contributed by atoms with Crippen molar-refractivity contribution in [2.45, 2.75) is 11.3 Å². The Morgan fingerprint density at radius 2 is 1.65 bits per heavy atom. The zero-order valence-electron chi connectivity index (χ0n) is 18.8. The van der Waals surface area contributed by atoms with Crippen LogP contribution < -0.4 is 5.32 Å². The van der Waals surface area contributed by atoms with Crippen LogP contribution in [0, 0.1) is 0 Å². The summed E-state index contributed by atoms with van der Waals surface area (Å²) in [6, 6.07) is 12.4. The quantitative estimate of drug-likeness (QED) is 0.472. The van der Waals surface area contributed by atoms with E-state index in [1.54, 1.807) is 43.5 Å². The Morgan fingerprint density at radius 3 is 2.32 bits per heavy atom. The number of urea groups is 1. The first-order valence-corrected chi connectivity index (χ1v) is 12.4. The third-order valence-corrected chi connectivity index (χ3v) is 7.77. The van der Waals surface area contributed by atoms with Gasteiger partial charge in [-0.25, -0.2) is 13.2 Å². The van der Waals surface area contributed by atoms with E-state index < -0.39 is 22.0 Å². The molecule has 11 heteroatoms. The number of nitrogens with one attached hydrogen (secondary N) is 1. The van der Waals surface area contributed by atoms with Crippen molar-refractivity contribution in [1.82, 2.24) is 14.1 Å². The molecule has 180 valence electrons. The number of methoxy groups -OCH3 is 1. The molecule has 1 fully saturated rings. The number of hydrogen-bond donors (Lipinski definition) is 1. The van der Waals surface area contributed by atoms with E-state index >= 15 is 0 Å². The number of benzene rings is 2. The second-order valence-corrected chi connectivity index (χ2v) is 9.94. The molecule has 2 aromatic carbocycles. The summed E-state index contributed by atoms with van der Waals surface area (Å²) in [5.41, 5.74) is 0.946. The van der Waals surface area contributed by atoms with Gasteiger partial charge in [-0.05, 0) is 36.8 Å². The molecule has 1 N–H and O–H groups in total. The van der Waals surface area contributed by atoms with Gasteiger partial charge in [0, 0.05) is 52.1 Å². The number of nitrogens with zero attached hydrogens (tertiary/aromatic N) is 3. The summed E-state index contributed by atoms with van der Waals surface area (Å²) >= 11 is 0. The van der Waals surface area contributed by atoms with E-state index in [2.05, 4.69) is 5.32 Å². The van der Waals surface area contributed by atoms with Crippen molar-refractivity contribution in [1.29, 1.82) is 0 Å². The van der Waals surface area contributed by atoms with Crippen LogP contribution in [0.5, 0.6) is 0 Å². The van der Waals surface area contributed by atoms with E-state index in [1.165, 1.54) is 26.2 Å². The second-order valence-electron chi connectivity index (χ2n) is 8.00. The van der Waals surface area contributed by atoms with Crippen LogP contribution in [0.4, 0.5) is 10.5 Å². The molecule has 1 saturated heterocycles. The fourth-order valence-corrected chi connectivity index (χ4v) is 5.46. The predicted octanol–water partition coefficient (Wildman–Crippen LogP) is 1.86. The largest absolute Gasteiger partial charge is 0.385 e. The highest BCUT2D eigenvalue weighted by molar-refractivity contribution is 7.89. The Labute approximate surface area is 198 Å². The van der Waals surface area contributed by atoms with Gasteiger partial charge in [0.25, 0.3) is 11.8 Å². The standard InChI is InChI=1S/C23H26N4O6S/c1-33-15-5-10-27-21(28)19-9-8-17(16-20(19)22(27)29)24-23(30)25-11-13-26(14-12-25)34(31,32)18-6-3-2-4-7-18/h2-4,6-9,16H,5,10-15H2,1H3,(H,24,30). The lowest BCUT2D eigenvalue weighted by Gasteiger charge is -2.34. The number of hydrogen-bond acceptors (Lipinski definition) is 6. The van der Waals surface area contributed by atoms with Crippen molar-refractivity contribution >= 4 is 33.6 Å². The molecule has 0 atom stereocenters. The summed E-state index contributed by atoms with van der Waals surface area (Å²) in [6.45, 7) is 1.52. The van der Waals surface area contributed by atoms with Gasteiger partial charge in [-0.15, -0.1) is 0 Å². The van der Waals surface area contributed by atoms with Gasteiger partial charge in [-0.1, -0.05) is 18.2 Å². The molecular weight excluding hydrogens is 460 g/mol. The number of piperazine rings is 1. The van der Waals surface area contributed by atoms with Crippen LogP contribution in [0.25, 0.3) is 0 Å². The molecule has 2 heterocycles. The van der Waals surface area contributed by atoms with E-state index in [1.807, 2.05) is 0 Å². The van der Waals surface area contributed by atoms with Crippen molar-refractivity contribution in [2.75, 3.05) is 51.8 Å². The topological polar surface area (TPSA) is 116 Å². The zero-order chi connectivity index (χ0) is 24.3. The second kappa shape index (κ2) is 9.92. The van der Waals surface area contributed by atoms with Crippen LogP contribution in [-0.4, -0.2) is 86.8 Å². The first kappa shape index (κ1) is 23.9. The van der Waals surface area contributed by atoms with Crippen molar-refractivity contribution in [3.8, 4) is 0 Å². The van der Waals surface area contributed by atoms with Crippen molar-refractivity contribution in [3.63, 3.8) is 0 Å². The Kier molecular flexibility index (Phi) is 6.96. The average Bonchev–Trinajstić information content (AvgIpc) is 3.09. The van der Waals surface area contributed by atoms with Crippen LogP contribution in [0.1, 0.15) is 27.1 Å². The summed E-state index contributed by atoms with van der Waals surface area (Å²) in [5.74, 6) is -0.753. The Morgan fingerprint density at radius 1 is 0.971 bits per heavy atom. The molecule has 2 aromatic rings. The number of sulfonamides is 1. The number of carbonyl (C=O) groups excluding carboxylic acids is 3. The molecule has 4 amide bonds. The number of fused-ring (bicyclic) bond motifs is 1. The molecule has 0 aromatic heterocycles. The maximum absolute atomic E-state index is 12.8. The summed E-state index contributed by atoms with van der Waals surface area (Å²) < 4.78 is 31.9. The molecule has 0 spiro atoms. The van der Waals surface area contributed by atoms with Crippen LogP contribution >= 0.6 is 0 Å². The fraction of sp³-hybridized carbons (Fsp3) is 0.348. The highest BCUT2D eigenvalue weighted by Crippen LogP contribution is 2.26. The molecular formula is C23H26N4O6S. The lowest BCUT2D eigenvalue weighted by molar-refractivity contribution is 0.0638. The third kappa shape index (κ3) is 4.67. The zero-order valence-corrected chi connectivity index (χ0v) is 19.6. The van der Waals surface area contributed by atoms with Crippen molar-refractivity contribution in [2.24, 2.45) is 0 Å². The van der Waals surface area contributed by atoms with Gasteiger partial charge in [0.1, 0.15) is 0 Å². The molecule has 10 nitrogen and oxygen atoms in total. The molecule has 2 aliphatic rings. The highest BCUT2D eigenvalue weighted by Gasteiger charge is 2.35. The maximum atomic E-state index is 12.8. The van der Waals surface area contributed by atoms with Crippen LogP contribution in [0.2, 0.25) is 0 Å². The van der Waals surface area contributed by atoms with Crippen molar-refractivity contribution in [3.05, 3.63) is 59.7 Å². The van der Waals surface area contributed by atoms with Crippen LogP contribution in [0.3, 0.4) is 0 Å².